The lowest BCUT2D eigenvalue weighted by Gasteiger charge is -2.06. The lowest BCUT2D eigenvalue weighted by Crippen LogP contribution is -1.99. The lowest BCUT2D eigenvalue weighted by atomic mass is 9.99. The van der Waals surface area contributed by atoms with Crippen molar-refractivity contribution >= 4 is 22.5 Å². The number of hydrogen-bond acceptors (Lipinski definition) is 2. The van der Waals surface area contributed by atoms with Crippen LogP contribution in [0.25, 0.3) is 22.3 Å². The lowest BCUT2D eigenvalue weighted by molar-refractivity contribution is 0.748. The van der Waals surface area contributed by atoms with Gasteiger partial charge in [0.1, 0.15) is 5.69 Å². The SMILES string of the molecule is CCCCc1ccc2[nH]c(-c3ncccc3Cl)c(CCCCN)c2c1. The fourth-order valence-corrected chi connectivity index (χ4v) is 3.52. The van der Waals surface area contributed by atoms with Crippen LogP contribution in [-0.2, 0) is 12.8 Å². The van der Waals surface area contributed by atoms with Gasteiger partial charge in [-0.15, -0.1) is 0 Å². The topological polar surface area (TPSA) is 54.7 Å². The van der Waals surface area contributed by atoms with E-state index in [0.29, 0.717) is 5.02 Å². The van der Waals surface area contributed by atoms with Gasteiger partial charge in [-0.3, -0.25) is 4.98 Å². The van der Waals surface area contributed by atoms with Gasteiger partial charge in [0.2, 0.25) is 0 Å². The number of hydrogen-bond donors (Lipinski definition) is 2. The molecule has 0 aliphatic heterocycles. The molecular weight excluding hydrogens is 330 g/mol. The number of aromatic nitrogens is 2. The van der Waals surface area contributed by atoms with Gasteiger partial charge in [0, 0.05) is 17.1 Å². The standard InChI is InChI=1S/C21H26ClN3/c1-2-3-7-15-10-11-19-17(14-15)16(8-4-5-12-23)20(25-19)21-18(22)9-6-13-24-21/h6,9-11,13-14,25H,2-5,7-8,12,23H2,1H3. The highest BCUT2D eigenvalue weighted by atomic mass is 35.5. The normalized spacial score (nSPS) is 11.3. The Balaban J connectivity index is 2.08. The minimum Gasteiger partial charge on any atom is -0.353 e. The molecule has 0 atom stereocenters. The molecular formula is C21H26ClN3. The van der Waals surface area contributed by atoms with Crippen LogP contribution >= 0.6 is 11.6 Å². The second-order valence-corrected chi connectivity index (χ2v) is 6.95. The predicted octanol–water partition coefficient (Wildman–Crippen LogP) is 5.51. The van der Waals surface area contributed by atoms with Crippen LogP contribution < -0.4 is 5.73 Å². The van der Waals surface area contributed by atoms with E-state index in [-0.39, 0.29) is 0 Å². The zero-order valence-corrected chi connectivity index (χ0v) is 15.6. The van der Waals surface area contributed by atoms with Crippen LogP contribution in [0.15, 0.2) is 36.5 Å². The zero-order valence-electron chi connectivity index (χ0n) is 14.8. The molecule has 0 saturated carbocycles. The Labute approximate surface area is 154 Å². The number of nitrogens with one attached hydrogen (secondary N) is 1. The maximum absolute atomic E-state index is 6.42. The first kappa shape index (κ1) is 18.0. The number of nitrogens with zero attached hydrogens (tertiary/aromatic N) is 1. The summed E-state index contributed by atoms with van der Waals surface area (Å²) < 4.78 is 0. The minimum atomic E-state index is 0.681. The van der Waals surface area contributed by atoms with E-state index in [1.165, 1.54) is 29.4 Å². The first-order valence-corrected chi connectivity index (χ1v) is 9.56. The summed E-state index contributed by atoms with van der Waals surface area (Å²) in [5.74, 6) is 0. The molecule has 0 radical (unpaired) electrons. The van der Waals surface area contributed by atoms with Crippen LogP contribution in [0.5, 0.6) is 0 Å². The van der Waals surface area contributed by atoms with E-state index in [0.717, 1.165) is 49.1 Å². The van der Waals surface area contributed by atoms with E-state index in [1.807, 2.05) is 12.1 Å². The molecule has 0 spiro atoms. The van der Waals surface area contributed by atoms with Crippen molar-refractivity contribution in [1.29, 1.82) is 0 Å². The van der Waals surface area contributed by atoms with E-state index in [2.05, 4.69) is 35.1 Å². The molecule has 1 aromatic carbocycles. The molecule has 3 rings (SSSR count). The fraction of sp³-hybridized carbons (Fsp3) is 0.381. The molecule has 0 aliphatic rings. The number of unbranched alkanes of at least 4 members (excludes halogenated alkanes) is 2. The van der Waals surface area contributed by atoms with Crippen molar-refractivity contribution in [3.8, 4) is 11.4 Å². The molecule has 0 bridgehead atoms. The number of rotatable bonds is 8. The molecule has 2 aromatic heterocycles. The van der Waals surface area contributed by atoms with Gasteiger partial charge in [0.05, 0.1) is 10.7 Å². The van der Waals surface area contributed by atoms with E-state index in [9.17, 15) is 0 Å². The summed E-state index contributed by atoms with van der Waals surface area (Å²) >= 11 is 6.42. The van der Waals surface area contributed by atoms with Crippen molar-refractivity contribution in [3.05, 3.63) is 52.7 Å². The first-order chi connectivity index (χ1) is 12.2. The smallest absolute Gasteiger partial charge is 0.105 e. The molecule has 132 valence electrons. The third-order valence-electron chi connectivity index (χ3n) is 4.67. The molecule has 3 nitrogen and oxygen atoms in total. The van der Waals surface area contributed by atoms with Gasteiger partial charge >= 0.3 is 0 Å². The molecule has 3 N–H and O–H groups in total. The van der Waals surface area contributed by atoms with Gasteiger partial charge in [0.25, 0.3) is 0 Å². The quantitative estimate of drug-likeness (QED) is 0.523. The van der Waals surface area contributed by atoms with Gasteiger partial charge in [-0.2, -0.15) is 0 Å². The van der Waals surface area contributed by atoms with Gasteiger partial charge in [-0.1, -0.05) is 31.0 Å². The number of fused-ring (bicyclic) bond motifs is 1. The predicted molar refractivity (Wildman–Crippen MR) is 107 cm³/mol. The first-order valence-electron chi connectivity index (χ1n) is 9.19. The summed E-state index contributed by atoms with van der Waals surface area (Å²) in [6.45, 7) is 2.96. The summed E-state index contributed by atoms with van der Waals surface area (Å²) in [6.07, 6.45) is 8.43. The highest BCUT2D eigenvalue weighted by Gasteiger charge is 2.16. The number of aromatic amines is 1. The molecule has 2 heterocycles. The summed E-state index contributed by atoms with van der Waals surface area (Å²) in [6, 6.07) is 10.5. The number of aryl methyl sites for hydroxylation is 2. The monoisotopic (exact) mass is 355 g/mol. The Bertz CT molecular complexity index is 838. The van der Waals surface area contributed by atoms with Crippen LogP contribution in [0, 0.1) is 0 Å². The summed E-state index contributed by atoms with van der Waals surface area (Å²) in [5.41, 5.74) is 11.4. The van der Waals surface area contributed by atoms with Gasteiger partial charge in [-0.05, 0) is 74.0 Å². The number of pyridine rings is 1. The molecule has 0 fully saturated rings. The molecule has 3 aromatic rings. The number of halogens is 1. The molecule has 25 heavy (non-hydrogen) atoms. The number of nitrogens with two attached hydrogens (primary N) is 1. The summed E-state index contributed by atoms with van der Waals surface area (Å²) in [7, 11) is 0. The van der Waals surface area contributed by atoms with Crippen molar-refractivity contribution in [1.82, 2.24) is 9.97 Å². The average molecular weight is 356 g/mol. The van der Waals surface area contributed by atoms with Crippen molar-refractivity contribution in [2.75, 3.05) is 6.54 Å². The van der Waals surface area contributed by atoms with Crippen molar-refractivity contribution in [3.63, 3.8) is 0 Å². The number of H-pyrrole nitrogens is 1. The molecule has 0 aliphatic carbocycles. The van der Waals surface area contributed by atoms with Crippen molar-refractivity contribution < 1.29 is 0 Å². The zero-order chi connectivity index (χ0) is 17.6. The molecule has 4 heteroatoms. The van der Waals surface area contributed by atoms with Crippen molar-refractivity contribution in [2.45, 2.75) is 45.4 Å². The van der Waals surface area contributed by atoms with E-state index >= 15 is 0 Å². The Morgan fingerprint density at radius 3 is 2.76 bits per heavy atom. The maximum Gasteiger partial charge on any atom is 0.105 e. The van der Waals surface area contributed by atoms with Gasteiger partial charge in [-0.25, -0.2) is 0 Å². The van der Waals surface area contributed by atoms with Crippen LogP contribution in [-0.4, -0.2) is 16.5 Å². The van der Waals surface area contributed by atoms with Crippen molar-refractivity contribution in [2.24, 2.45) is 5.73 Å². The largest absolute Gasteiger partial charge is 0.353 e. The van der Waals surface area contributed by atoms with Gasteiger partial charge in [0.15, 0.2) is 0 Å². The molecule has 0 saturated heterocycles. The Hall–Kier alpha value is -1.84. The number of benzene rings is 1. The molecule has 0 amide bonds. The minimum absolute atomic E-state index is 0.681. The third-order valence-corrected chi connectivity index (χ3v) is 4.97. The maximum atomic E-state index is 6.42. The highest BCUT2D eigenvalue weighted by molar-refractivity contribution is 6.33. The molecule has 0 unspecified atom stereocenters. The van der Waals surface area contributed by atoms with Crippen LogP contribution in [0.4, 0.5) is 0 Å². The van der Waals surface area contributed by atoms with E-state index < -0.39 is 0 Å². The fourth-order valence-electron chi connectivity index (χ4n) is 3.31. The van der Waals surface area contributed by atoms with Crippen LogP contribution in [0.2, 0.25) is 5.02 Å². The average Bonchev–Trinajstić information content (AvgIpc) is 2.98. The second-order valence-electron chi connectivity index (χ2n) is 6.54. The summed E-state index contributed by atoms with van der Waals surface area (Å²) in [4.78, 5) is 8.07. The third kappa shape index (κ3) is 4.05. The highest BCUT2D eigenvalue weighted by Crippen LogP contribution is 2.34. The van der Waals surface area contributed by atoms with Crippen LogP contribution in [0.1, 0.15) is 43.7 Å². The van der Waals surface area contributed by atoms with E-state index in [1.54, 1.807) is 6.20 Å². The second kappa shape index (κ2) is 8.50. The van der Waals surface area contributed by atoms with E-state index in [4.69, 9.17) is 17.3 Å². The Morgan fingerprint density at radius 1 is 1.12 bits per heavy atom. The Kier molecular flexibility index (Phi) is 6.11. The summed E-state index contributed by atoms with van der Waals surface area (Å²) in [5, 5.41) is 1.97. The van der Waals surface area contributed by atoms with Gasteiger partial charge < -0.3 is 10.7 Å². The van der Waals surface area contributed by atoms with Crippen LogP contribution in [0.3, 0.4) is 0 Å². The Morgan fingerprint density at radius 2 is 2.00 bits per heavy atom.